The second-order valence-corrected chi connectivity index (χ2v) is 5.41. The number of rotatable bonds is 4. The highest BCUT2D eigenvalue weighted by atomic mass is 32.2. The molecule has 0 aromatic carbocycles. The normalized spacial score (nSPS) is 19.4. The summed E-state index contributed by atoms with van der Waals surface area (Å²) in [6, 6.07) is -1.12. The van der Waals surface area contributed by atoms with Gasteiger partial charge < -0.3 is 5.11 Å². The Morgan fingerprint density at radius 3 is 2.79 bits per heavy atom. The van der Waals surface area contributed by atoms with Crippen LogP contribution in [0, 0.1) is 6.92 Å². The lowest BCUT2D eigenvalue weighted by atomic mass is 10.3. The van der Waals surface area contributed by atoms with Crippen molar-refractivity contribution in [2.75, 3.05) is 6.61 Å². The van der Waals surface area contributed by atoms with E-state index in [1.165, 1.54) is 6.92 Å². The standard InChI is InChI=1S/C8H10N4O6S/c1-3-5(8(14)15)7(10-9-3)19(16,17)12-4-2-18-11-6(4)13/h4,12H,2H2,1H3,(H,9,10)(H,11,13)(H,14,15)/t4-/m1/s1. The molecule has 104 valence electrons. The van der Waals surface area contributed by atoms with Gasteiger partial charge in [0.15, 0.2) is 0 Å². The number of aryl methyl sites for hydroxylation is 1. The summed E-state index contributed by atoms with van der Waals surface area (Å²) in [5.41, 5.74) is 1.61. The molecule has 1 amide bonds. The van der Waals surface area contributed by atoms with E-state index in [-0.39, 0.29) is 12.3 Å². The minimum Gasteiger partial charge on any atom is -0.478 e. The number of aromatic nitrogens is 2. The first kappa shape index (κ1) is 13.5. The highest BCUT2D eigenvalue weighted by Crippen LogP contribution is 2.16. The fraction of sp³-hybridized carbons (Fsp3) is 0.375. The predicted octanol–water partition coefficient (Wildman–Crippen LogP) is -1.88. The molecule has 1 aliphatic heterocycles. The summed E-state index contributed by atoms with van der Waals surface area (Å²) in [5.74, 6) is -2.09. The molecule has 1 atom stereocenters. The first-order chi connectivity index (χ1) is 8.83. The Morgan fingerprint density at radius 2 is 2.26 bits per heavy atom. The molecule has 0 radical (unpaired) electrons. The number of sulfonamides is 1. The maximum atomic E-state index is 12.0. The Balaban J connectivity index is 2.35. The third kappa shape index (κ3) is 2.43. The van der Waals surface area contributed by atoms with Crippen LogP contribution in [0.1, 0.15) is 16.1 Å². The Morgan fingerprint density at radius 1 is 1.58 bits per heavy atom. The van der Waals surface area contributed by atoms with E-state index >= 15 is 0 Å². The summed E-state index contributed by atoms with van der Waals surface area (Å²) in [7, 11) is -4.25. The van der Waals surface area contributed by atoms with Gasteiger partial charge in [0.05, 0.1) is 0 Å². The Hall–Kier alpha value is -1.98. The quantitative estimate of drug-likeness (QED) is 0.507. The number of aromatic amines is 1. The first-order valence-corrected chi connectivity index (χ1v) is 6.53. The Labute approximate surface area is 107 Å². The number of hydroxylamine groups is 1. The van der Waals surface area contributed by atoms with Gasteiger partial charge in [0, 0.05) is 5.69 Å². The van der Waals surface area contributed by atoms with E-state index in [4.69, 9.17) is 5.11 Å². The monoisotopic (exact) mass is 290 g/mol. The van der Waals surface area contributed by atoms with Gasteiger partial charge in [-0.1, -0.05) is 0 Å². The SMILES string of the molecule is Cc1[nH]nc(S(=O)(=O)N[C@@H]2CONC2=O)c1C(=O)O. The lowest BCUT2D eigenvalue weighted by Gasteiger charge is -2.07. The van der Waals surface area contributed by atoms with E-state index in [2.05, 4.69) is 15.0 Å². The van der Waals surface area contributed by atoms with Crippen LogP contribution >= 0.6 is 0 Å². The first-order valence-electron chi connectivity index (χ1n) is 5.05. The summed E-state index contributed by atoms with van der Waals surface area (Å²) >= 11 is 0. The number of carboxylic acid groups (broad SMARTS) is 1. The number of H-pyrrole nitrogens is 1. The van der Waals surface area contributed by atoms with Crippen LogP contribution in [-0.2, 0) is 19.7 Å². The van der Waals surface area contributed by atoms with Crippen molar-refractivity contribution in [3.8, 4) is 0 Å². The molecule has 1 aromatic rings. The summed E-state index contributed by atoms with van der Waals surface area (Å²) in [4.78, 5) is 26.8. The van der Waals surface area contributed by atoms with Crippen molar-refractivity contribution in [2.45, 2.75) is 18.0 Å². The van der Waals surface area contributed by atoms with Gasteiger partial charge in [-0.15, -0.1) is 0 Å². The van der Waals surface area contributed by atoms with Crippen molar-refractivity contribution in [3.05, 3.63) is 11.3 Å². The number of aromatic carboxylic acids is 1. The third-order valence-electron chi connectivity index (χ3n) is 2.42. The molecule has 1 fully saturated rings. The summed E-state index contributed by atoms with van der Waals surface area (Å²) in [6.07, 6.45) is 0. The molecular formula is C8H10N4O6S. The number of amides is 1. The van der Waals surface area contributed by atoms with Crippen LogP contribution in [0.15, 0.2) is 5.03 Å². The molecular weight excluding hydrogens is 280 g/mol. The number of hydrogen-bond acceptors (Lipinski definition) is 6. The lowest BCUT2D eigenvalue weighted by molar-refractivity contribution is -0.124. The number of hydrogen-bond donors (Lipinski definition) is 4. The number of carbonyl (C=O) groups excluding carboxylic acids is 1. The van der Waals surface area contributed by atoms with E-state index in [1.54, 1.807) is 0 Å². The van der Waals surface area contributed by atoms with Crippen LogP contribution < -0.4 is 10.2 Å². The predicted molar refractivity (Wildman–Crippen MR) is 58.5 cm³/mol. The molecule has 0 spiro atoms. The minimum atomic E-state index is -4.25. The zero-order valence-corrected chi connectivity index (χ0v) is 10.4. The molecule has 10 nitrogen and oxygen atoms in total. The van der Waals surface area contributed by atoms with Gasteiger partial charge in [-0.2, -0.15) is 9.82 Å². The molecule has 4 N–H and O–H groups in total. The molecule has 1 saturated heterocycles. The molecule has 11 heteroatoms. The lowest BCUT2D eigenvalue weighted by Crippen LogP contribution is -2.42. The van der Waals surface area contributed by atoms with Crippen LogP contribution in [0.4, 0.5) is 0 Å². The molecule has 0 saturated carbocycles. The Kier molecular flexibility index (Phi) is 3.26. The van der Waals surface area contributed by atoms with Gasteiger partial charge in [-0.25, -0.2) is 18.7 Å². The summed E-state index contributed by atoms with van der Waals surface area (Å²) in [5, 5.41) is 14.0. The van der Waals surface area contributed by atoms with E-state index in [9.17, 15) is 18.0 Å². The Bertz CT molecular complexity index is 636. The van der Waals surface area contributed by atoms with Gasteiger partial charge in [0.2, 0.25) is 5.03 Å². The van der Waals surface area contributed by atoms with Gasteiger partial charge in [-0.3, -0.25) is 14.7 Å². The number of nitrogens with zero attached hydrogens (tertiary/aromatic N) is 1. The van der Waals surface area contributed by atoms with Crippen LogP contribution in [0.25, 0.3) is 0 Å². The van der Waals surface area contributed by atoms with Gasteiger partial charge in [0.1, 0.15) is 18.2 Å². The van der Waals surface area contributed by atoms with E-state index < -0.39 is 38.5 Å². The molecule has 2 rings (SSSR count). The molecule has 19 heavy (non-hydrogen) atoms. The topological polar surface area (TPSA) is 150 Å². The molecule has 1 aromatic heterocycles. The van der Waals surface area contributed by atoms with Crippen molar-refractivity contribution >= 4 is 21.9 Å². The van der Waals surface area contributed by atoms with Gasteiger partial charge in [-0.05, 0) is 6.92 Å². The van der Waals surface area contributed by atoms with Gasteiger partial charge in [0.25, 0.3) is 15.9 Å². The smallest absolute Gasteiger partial charge is 0.340 e. The molecule has 1 aliphatic rings. The van der Waals surface area contributed by atoms with Crippen LogP contribution in [0.2, 0.25) is 0 Å². The minimum absolute atomic E-state index is 0.0972. The van der Waals surface area contributed by atoms with Crippen LogP contribution in [0.5, 0.6) is 0 Å². The van der Waals surface area contributed by atoms with Crippen molar-refractivity contribution in [3.63, 3.8) is 0 Å². The van der Waals surface area contributed by atoms with Crippen LogP contribution in [-0.4, -0.2) is 48.2 Å². The highest BCUT2D eigenvalue weighted by Gasteiger charge is 2.34. The maximum absolute atomic E-state index is 12.0. The average molecular weight is 290 g/mol. The van der Waals surface area contributed by atoms with Crippen LogP contribution in [0.3, 0.4) is 0 Å². The van der Waals surface area contributed by atoms with Crippen molar-refractivity contribution in [2.24, 2.45) is 0 Å². The molecule has 0 bridgehead atoms. The zero-order valence-electron chi connectivity index (χ0n) is 9.63. The maximum Gasteiger partial charge on any atom is 0.340 e. The number of carbonyl (C=O) groups is 2. The van der Waals surface area contributed by atoms with E-state index in [1.807, 2.05) is 10.2 Å². The fourth-order valence-electron chi connectivity index (χ4n) is 1.53. The van der Waals surface area contributed by atoms with Crippen molar-refractivity contribution in [1.82, 2.24) is 20.4 Å². The summed E-state index contributed by atoms with van der Waals surface area (Å²) < 4.78 is 26.0. The van der Waals surface area contributed by atoms with Crippen molar-refractivity contribution in [1.29, 1.82) is 0 Å². The highest BCUT2D eigenvalue weighted by molar-refractivity contribution is 7.89. The average Bonchev–Trinajstić information content (AvgIpc) is 2.86. The fourth-order valence-corrected chi connectivity index (χ4v) is 2.86. The number of carboxylic acids is 1. The second kappa shape index (κ2) is 4.60. The summed E-state index contributed by atoms with van der Waals surface area (Å²) in [6.45, 7) is 1.19. The third-order valence-corrected chi connectivity index (χ3v) is 3.82. The van der Waals surface area contributed by atoms with E-state index in [0.717, 1.165) is 0 Å². The molecule has 0 aliphatic carbocycles. The number of nitrogens with one attached hydrogen (secondary N) is 3. The second-order valence-electron chi connectivity index (χ2n) is 3.79. The molecule has 0 unspecified atom stereocenters. The van der Waals surface area contributed by atoms with Crippen molar-refractivity contribution < 1.29 is 28.0 Å². The molecule has 2 heterocycles. The zero-order chi connectivity index (χ0) is 14.2. The largest absolute Gasteiger partial charge is 0.478 e. The van der Waals surface area contributed by atoms with E-state index in [0.29, 0.717) is 0 Å². The van der Waals surface area contributed by atoms with Gasteiger partial charge >= 0.3 is 5.97 Å².